The highest BCUT2D eigenvalue weighted by Crippen LogP contribution is 2.28. The van der Waals surface area contributed by atoms with Crippen LogP contribution in [-0.4, -0.2) is 69.7 Å². The molecule has 0 radical (unpaired) electrons. The minimum absolute atomic E-state index is 0.180. The number of aromatic nitrogens is 2. The van der Waals surface area contributed by atoms with Gasteiger partial charge in [0.05, 0.1) is 24.7 Å². The van der Waals surface area contributed by atoms with Gasteiger partial charge in [0.1, 0.15) is 18.1 Å². The van der Waals surface area contributed by atoms with Gasteiger partial charge >= 0.3 is 6.03 Å². The fourth-order valence-electron chi connectivity index (χ4n) is 2.91. The number of anilines is 1. The molecule has 3 rings (SSSR count). The van der Waals surface area contributed by atoms with E-state index in [4.69, 9.17) is 9.47 Å². The van der Waals surface area contributed by atoms with E-state index in [0.717, 1.165) is 29.0 Å². The summed E-state index contributed by atoms with van der Waals surface area (Å²) in [7, 11) is 1.66. The minimum atomic E-state index is -3.25. The quantitative estimate of drug-likeness (QED) is 0.462. The third-order valence-electron chi connectivity index (χ3n) is 4.55. The Hall–Kier alpha value is -3.57. The van der Waals surface area contributed by atoms with Crippen molar-refractivity contribution in [3.05, 3.63) is 54.6 Å². The van der Waals surface area contributed by atoms with Gasteiger partial charge in [-0.3, -0.25) is 5.32 Å². The van der Waals surface area contributed by atoms with Gasteiger partial charge in [0.2, 0.25) is 10.0 Å². The molecule has 2 N–H and O–H groups in total. The van der Waals surface area contributed by atoms with Crippen LogP contribution in [0.5, 0.6) is 11.5 Å². The van der Waals surface area contributed by atoms with Gasteiger partial charge < -0.3 is 14.4 Å². The average molecular weight is 474 g/mol. The Morgan fingerprint density at radius 3 is 2.27 bits per heavy atom. The van der Waals surface area contributed by atoms with Crippen molar-refractivity contribution in [2.45, 2.75) is 0 Å². The zero-order chi connectivity index (χ0) is 24.0. The maximum absolute atomic E-state index is 12.1. The van der Waals surface area contributed by atoms with E-state index in [1.807, 2.05) is 36.4 Å². The molecule has 176 valence electrons. The average Bonchev–Trinajstić information content (AvgIpc) is 3.20. The Morgan fingerprint density at radius 2 is 1.70 bits per heavy atom. The molecule has 0 fully saturated rings. The van der Waals surface area contributed by atoms with Gasteiger partial charge in [-0.1, -0.05) is 0 Å². The maximum atomic E-state index is 12.1. The molecule has 33 heavy (non-hydrogen) atoms. The van der Waals surface area contributed by atoms with Gasteiger partial charge in [0.15, 0.2) is 5.82 Å². The first kappa shape index (κ1) is 24.1. The Balaban J connectivity index is 1.85. The van der Waals surface area contributed by atoms with E-state index in [-0.39, 0.29) is 19.2 Å². The van der Waals surface area contributed by atoms with Gasteiger partial charge in [-0.25, -0.2) is 22.6 Å². The second kappa shape index (κ2) is 10.4. The van der Waals surface area contributed by atoms with Crippen LogP contribution in [0, 0.1) is 0 Å². The molecule has 10 nitrogen and oxygen atoms in total. The van der Waals surface area contributed by atoms with Crippen molar-refractivity contribution in [2.75, 3.05) is 45.9 Å². The van der Waals surface area contributed by atoms with Crippen molar-refractivity contribution in [3.63, 3.8) is 0 Å². The van der Waals surface area contributed by atoms with Crippen molar-refractivity contribution in [1.29, 1.82) is 0 Å². The summed E-state index contributed by atoms with van der Waals surface area (Å²) >= 11 is 0. The van der Waals surface area contributed by atoms with E-state index >= 15 is 0 Å². The molecule has 0 atom stereocenters. The smallest absolute Gasteiger partial charge is 0.322 e. The summed E-state index contributed by atoms with van der Waals surface area (Å²) in [5.74, 6) is 1.73. The lowest BCUT2D eigenvalue weighted by Gasteiger charge is -2.10. The Kier molecular flexibility index (Phi) is 7.56. The van der Waals surface area contributed by atoms with Crippen LogP contribution in [0.2, 0.25) is 0 Å². The van der Waals surface area contributed by atoms with E-state index in [1.54, 1.807) is 44.1 Å². The monoisotopic (exact) mass is 473 g/mol. The van der Waals surface area contributed by atoms with Gasteiger partial charge in [-0.05, 0) is 48.5 Å². The molecule has 11 heteroatoms. The summed E-state index contributed by atoms with van der Waals surface area (Å²) in [6.07, 6.45) is 1.10. The van der Waals surface area contributed by atoms with E-state index < -0.39 is 10.0 Å². The number of rotatable bonds is 9. The highest BCUT2D eigenvalue weighted by Gasteiger charge is 2.15. The number of nitrogens with one attached hydrogen (secondary N) is 2. The summed E-state index contributed by atoms with van der Waals surface area (Å²) < 4.78 is 37.2. The fourth-order valence-corrected chi connectivity index (χ4v) is 3.36. The molecule has 0 unspecified atom stereocenters. The zero-order valence-electron chi connectivity index (χ0n) is 18.9. The molecule has 1 aromatic heterocycles. The van der Waals surface area contributed by atoms with Crippen molar-refractivity contribution in [1.82, 2.24) is 19.4 Å². The third kappa shape index (κ3) is 6.70. The first-order chi connectivity index (χ1) is 15.7. The Labute approximate surface area is 193 Å². The standard InChI is InChI=1S/C22H27N5O5S/c1-26(2)22(28)24-21-15-20(27(25-21)17-7-11-18(31-3)12-8-17)16-5-9-19(10-6-16)32-14-13-23-33(4,29)30/h5-12,15,23H,13-14H2,1-4H3,(H,24,25,28). The second-order valence-electron chi connectivity index (χ2n) is 7.39. The van der Waals surface area contributed by atoms with Crippen LogP contribution in [-0.2, 0) is 10.0 Å². The molecular formula is C22H27N5O5S. The molecule has 0 saturated heterocycles. The van der Waals surface area contributed by atoms with Gasteiger partial charge in [0.25, 0.3) is 0 Å². The summed E-state index contributed by atoms with van der Waals surface area (Å²) in [6, 6.07) is 16.2. The van der Waals surface area contributed by atoms with E-state index in [0.29, 0.717) is 11.6 Å². The minimum Gasteiger partial charge on any atom is -0.497 e. The summed E-state index contributed by atoms with van der Waals surface area (Å²) in [5, 5.41) is 7.33. The van der Waals surface area contributed by atoms with Crippen LogP contribution in [0.3, 0.4) is 0 Å². The molecule has 0 spiro atoms. The second-order valence-corrected chi connectivity index (χ2v) is 9.22. The van der Waals surface area contributed by atoms with E-state index in [2.05, 4.69) is 15.1 Å². The molecular weight excluding hydrogens is 446 g/mol. The number of sulfonamides is 1. The summed E-state index contributed by atoms with van der Waals surface area (Å²) in [5.41, 5.74) is 2.41. The lowest BCUT2D eigenvalue weighted by atomic mass is 10.1. The van der Waals surface area contributed by atoms with E-state index in [1.165, 1.54) is 4.90 Å². The molecule has 0 aliphatic carbocycles. The van der Waals surface area contributed by atoms with Crippen LogP contribution >= 0.6 is 0 Å². The number of urea groups is 1. The largest absolute Gasteiger partial charge is 0.497 e. The number of hydrogen-bond acceptors (Lipinski definition) is 6. The first-order valence-corrected chi connectivity index (χ1v) is 12.0. The number of benzene rings is 2. The summed E-state index contributed by atoms with van der Waals surface area (Å²) in [6.45, 7) is 0.386. The maximum Gasteiger partial charge on any atom is 0.322 e. The molecule has 0 aliphatic heterocycles. The van der Waals surface area contributed by atoms with Crippen LogP contribution in [0.4, 0.5) is 10.6 Å². The lowest BCUT2D eigenvalue weighted by molar-refractivity contribution is 0.230. The molecule has 0 bridgehead atoms. The molecule has 0 saturated carbocycles. The first-order valence-electron chi connectivity index (χ1n) is 10.1. The van der Waals surface area contributed by atoms with Gasteiger partial charge in [-0.2, -0.15) is 0 Å². The predicted molar refractivity (Wildman–Crippen MR) is 127 cm³/mol. The van der Waals surface area contributed by atoms with Crippen molar-refractivity contribution in [3.8, 4) is 28.4 Å². The highest BCUT2D eigenvalue weighted by atomic mass is 32.2. The van der Waals surface area contributed by atoms with E-state index in [9.17, 15) is 13.2 Å². The number of carbonyl (C=O) groups excluding carboxylic acids is 1. The molecule has 3 aromatic rings. The number of methoxy groups -OCH3 is 1. The fraction of sp³-hybridized carbons (Fsp3) is 0.273. The van der Waals surface area contributed by atoms with Gasteiger partial charge in [-0.15, -0.1) is 5.10 Å². The SMILES string of the molecule is COc1ccc(-n2nc(NC(=O)N(C)C)cc2-c2ccc(OCCNS(C)(=O)=O)cc2)cc1. The molecule has 0 aliphatic rings. The number of amides is 2. The van der Waals surface area contributed by atoms with Crippen LogP contribution in [0.25, 0.3) is 16.9 Å². The predicted octanol–water partition coefficient (Wildman–Crippen LogP) is 2.57. The number of carbonyl (C=O) groups is 1. The third-order valence-corrected chi connectivity index (χ3v) is 5.28. The topological polar surface area (TPSA) is 115 Å². The van der Waals surface area contributed by atoms with Crippen LogP contribution in [0.15, 0.2) is 54.6 Å². The number of hydrogen-bond donors (Lipinski definition) is 2. The van der Waals surface area contributed by atoms with Crippen LogP contribution in [0.1, 0.15) is 0 Å². The highest BCUT2D eigenvalue weighted by molar-refractivity contribution is 7.88. The van der Waals surface area contributed by atoms with Crippen molar-refractivity contribution in [2.24, 2.45) is 0 Å². The Bertz CT molecular complexity index is 1190. The lowest BCUT2D eigenvalue weighted by Crippen LogP contribution is -2.27. The van der Waals surface area contributed by atoms with Crippen molar-refractivity contribution >= 4 is 21.9 Å². The van der Waals surface area contributed by atoms with Gasteiger partial charge in [0, 0.05) is 32.3 Å². The zero-order valence-corrected chi connectivity index (χ0v) is 19.7. The molecule has 2 aromatic carbocycles. The molecule has 1 heterocycles. The number of ether oxygens (including phenoxy) is 2. The van der Waals surface area contributed by atoms with Crippen LogP contribution < -0.4 is 19.5 Å². The van der Waals surface area contributed by atoms with Crippen molar-refractivity contribution < 1.29 is 22.7 Å². The molecule has 2 amide bonds. The normalized spacial score (nSPS) is 11.2. The Morgan fingerprint density at radius 1 is 1.06 bits per heavy atom. The summed E-state index contributed by atoms with van der Waals surface area (Å²) in [4.78, 5) is 13.5. The number of nitrogens with zero attached hydrogens (tertiary/aromatic N) is 3.